The standard InChI is InChI=1S/C18H25FN2/c1-13(2)10-18(7-3-4-8-18)12-21-11-14-5-6-15(19)9-16(14)17(21)20/h5-6,9,13,20H,3-4,7-8,10-12H2,1-2H3. The first kappa shape index (κ1) is 14.6. The summed E-state index contributed by atoms with van der Waals surface area (Å²) in [5.74, 6) is 0.970. The quantitative estimate of drug-likeness (QED) is 0.863. The number of rotatable bonds is 4. The fourth-order valence-corrected chi connectivity index (χ4v) is 4.32. The SMILES string of the molecule is CC(C)CC1(CN2Cc3ccc(F)cc3C2=N)CCCC1. The fraction of sp³-hybridized carbons (Fsp3) is 0.611. The molecular formula is C18H25FN2. The summed E-state index contributed by atoms with van der Waals surface area (Å²) in [5, 5.41) is 8.38. The largest absolute Gasteiger partial charge is 0.352 e. The van der Waals surface area contributed by atoms with Crippen molar-refractivity contribution in [1.82, 2.24) is 4.90 Å². The molecule has 1 aromatic carbocycles. The lowest BCUT2D eigenvalue weighted by Gasteiger charge is -2.35. The number of hydrogen-bond donors (Lipinski definition) is 1. The van der Waals surface area contributed by atoms with Crippen molar-refractivity contribution >= 4 is 5.84 Å². The Morgan fingerprint density at radius 2 is 2.00 bits per heavy atom. The van der Waals surface area contributed by atoms with Gasteiger partial charge in [0.15, 0.2) is 0 Å². The van der Waals surface area contributed by atoms with Gasteiger partial charge in [0.25, 0.3) is 0 Å². The van der Waals surface area contributed by atoms with E-state index in [0.717, 1.165) is 24.2 Å². The smallest absolute Gasteiger partial charge is 0.128 e. The first-order valence-corrected chi connectivity index (χ1v) is 8.11. The Balaban J connectivity index is 1.78. The molecular weight excluding hydrogens is 263 g/mol. The van der Waals surface area contributed by atoms with Crippen molar-refractivity contribution in [1.29, 1.82) is 5.41 Å². The molecule has 2 aliphatic rings. The first-order chi connectivity index (χ1) is 9.99. The first-order valence-electron chi connectivity index (χ1n) is 8.11. The van der Waals surface area contributed by atoms with Crippen LogP contribution < -0.4 is 0 Å². The summed E-state index contributed by atoms with van der Waals surface area (Å²) < 4.78 is 13.4. The molecule has 0 radical (unpaired) electrons. The highest BCUT2D eigenvalue weighted by Crippen LogP contribution is 2.44. The van der Waals surface area contributed by atoms with E-state index >= 15 is 0 Å². The summed E-state index contributed by atoms with van der Waals surface area (Å²) in [6.07, 6.45) is 6.42. The van der Waals surface area contributed by atoms with Crippen LogP contribution in [0.4, 0.5) is 4.39 Å². The predicted molar refractivity (Wildman–Crippen MR) is 84.0 cm³/mol. The molecule has 1 N–H and O–H groups in total. The molecule has 114 valence electrons. The van der Waals surface area contributed by atoms with Crippen LogP contribution >= 0.6 is 0 Å². The third-order valence-corrected chi connectivity index (χ3v) is 5.04. The van der Waals surface area contributed by atoms with Crippen molar-refractivity contribution < 1.29 is 4.39 Å². The van der Waals surface area contributed by atoms with Gasteiger partial charge in [-0.15, -0.1) is 0 Å². The van der Waals surface area contributed by atoms with E-state index in [2.05, 4.69) is 18.7 Å². The van der Waals surface area contributed by atoms with Crippen molar-refractivity contribution in [2.75, 3.05) is 6.54 Å². The van der Waals surface area contributed by atoms with E-state index < -0.39 is 0 Å². The van der Waals surface area contributed by atoms with Crippen LogP contribution in [0, 0.1) is 22.6 Å². The Labute approximate surface area is 126 Å². The summed E-state index contributed by atoms with van der Waals surface area (Å²) in [6, 6.07) is 4.86. The van der Waals surface area contributed by atoms with Gasteiger partial charge in [-0.25, -0.2) is 4.39 Å². The molecule has 0 amide bonds. The molecule has 1 heterocycles. The number of amidine groups is 1. The molecule has 0 spiro atoms. The lowest BCUT2D eigenvalue weighted by Crippen LogP contribution is -2.37. The van der Waals surface area contributed by atoms with Gasteiger partial charge in [0.2, 0.25) is 0 Å². The third kappa shape index (κ3) is 2.83. The van der Waals surface area contributed by atoms with E-state index in [1.807, 2.05) is 6.07 Å². The second kappa shape index (κ2) is 5.43. The molecule has 1 aliphatic carbocycles. The second-order valence-corrected chi connectivity index (χ2v) is 7.31. The van der Waals surface area contributed by atoms with E-state index in [1.165, 1.54) is 44.2 Å². The lowest BCUT2D eigenvalue weighted by molar-refractivity contribution is 0.173. The average Bonchev–Trinajstić information content (AvgIpc) is 2.97. The van der Waals surface area contributed by atoms with Crippen LogP contribution in [0.15, 0.2) is 18.2 Å². The molecule has 2 nitrogen and oxygen atoms in total. The highest BCUT2D eigenvalue weighted by atomic mass is 19.1. The predicted octanol–water partition coefficient (Wildman–Crippen LogP) is 4.57. The van der Waals surface area contributed by atoms with Gasteiger partial charge < -0.3 is 4.90 Å². The van der Waals surface area contributed by atoms with Crippen LogP contribution in [0.3, 0.4) is 0 Å². The van der Waals surface area contributed by atoms with Crippen LogP contribution in [0.25, 0.3) is 0 Å². The number of hydrogen-bond acceptors (Lipinski definition) is 1. The van der Waals surface area contributed by atoms with Gasteiger partial charge >= 0.3 is 0 Å². The average molecular weight is 288 g/mol. The van der Waals surface area contributed by atoms with Crippen molar-refractivity contribution in [2.45, 2.75) is 52.5 Å². The maximum Gasteiger partial charge on any atom is 0.128 e. The molecule has 1 aromatic rings. The Bertz CT molecular complexity index is 544. The fourth-order valence-electron chi connectivity index (χ4n) is 4.32. The molecule has 1 saturated carbocycles. The summed E-state index contributed by atoms with van der Waals surface area (Å²) >= 11 is 0. The van der Waals surface area contributed by atoms with Gasteiger partial charge in [-0.1, -0.05) is 32.8 Å². The van der Waals surface area contributed by atoms with E-state index in [0.29, 0.717) is 17.2 Å². The lowest BCUT2D eigenvalue weighted by atomic mass is 9.78. The summed E-state index contributed by atoms with van der Waals surface area (Å²) in [4.78, 5) is 2.16. The zero-order valence-corrected chi connectivity index (χ0v) is 13.1. The summed E-state index contributed by atoms with van der Waals surface area (Å²) in [5.41, 5.74) is 2.24. The minimum absolute atomic E-state index is 0.238. The Kier molecular flexibility index (Phi) is 3.76. The molecule has 3 heteroatoms. The molecule has 0 aromatic heterocycles. The zero-order chi connectivity index (χ0) is 15.0. The number of benzene rings is 1. The van der Waals surface area contributed by atoms with Gasteiger partial charge in [-0.2, -0.15) is 0 Å². The van der Waals surface area contributed by atoms with Crippen molar-refractivity contribution in [3.8, 4) is 0 Å². The topological polar surface area (TPSA) is 27.1 Å². The van der Waals surface area contributed by atoms with Gasteiger partial charge in [-0.05, 0) is 48.3 Å². The van der Waals surface area contributed by atoms with Gasteiger partial charge in [-0.3, -0.25) is 5.41 Å². The normalized spacial score (nSPS) is 20.4. The number of halogens is 1. The van der Waals surface area contributed by atoms with Gasteiger partial charge in [0.05, 0.1) is 0 Å². The minimum atomic E-state index is -0.238. The van der Waals surface area contributed by atoms with E-state index in [4.69, 9.17) is 5.41 Å². The van der Waals surface area contributed by atoms with Crippen molar-refractivity contribution in [3.05, 3.63) is 35.1 Å². The number of nitrogens with zero attached hydrogens (tertiary/aromatic N) is 1. The second-order valence-electron chi connectivity index (χ2n) is 7.31. The highest BCUT2D eigenvalue weighted by molar-refractivity contribution is 6.00. The monoisotopic (exact) mass is 288 g/mol. The minimum Gasteiger partial charge on any atom is -0.352 e. The maximum absolute atomic E-state index is 13.4. The summed E-state index contributed by atoms with van der Waals surface area (Å²) in [6.45, 7) is 6.31. The molecule has 0 atom stereocenters. The van der Waals surface area contributed by atoms with Crippen molar-refractivity contribution in [3.63, 3.8) is 0 Å². The molecule has 1 aliphatic heterocycles. The van der Waals surface area contributed by atoms with E-state index in [-0.39, 0.29) is 5.82 Å². The number of nitrogens with one attached hydrogen (secondary N) is 1. The highest BCUT2D eigenvalue weighted by Gasteiger charge is 2.38. The molecule has 0 bridgehead atoms. The molecule has 1 fully saturated rings. The van der Waals surface area contributed by atoms with E-state index in [9.17, 15) is 4.39 Å². The van der Waals surface area contributed by atoms with Gasteiger partial charge in [0, 0.05) is 18.7 Å². The molecule has 0 saturated heterocycles. The maximum atomic E-state index is 13.4. The Hall–Kier alpha value is -1.38. The molecule has 21 heavy (non-hydrogen) atoms. The molecule has 3 rings (SSSR count). The van der Waals surface area contributed by atoms with Crippen LogP contribution in [-0.2, 0) is 6.54 Å². The van der Waals surface area contributed by atoms with Crippen LogP contribution in [0.1, 0.15) is 57.1 Å². The van der Waals surface area contributed by atoms with Crippen molar-refractivity contribution in [2.24, 2.45) is 11.3 Å². The Morgan fingerprint density at radius 1 is 1.29 bits per heavy atom. The Morgan fingerprint density at radius 3 is 2.67 bits per heavy atom. The van der Waals surface area contributed by atoms with E-state index in [1.54, 1.807) is 0 Å². The number of fused-ring (bicyclic) bond motifs is 1. The van der Waals surface area contributed by atoms with Crippen LogP contribution in [0.5, 0.6) is 0 Å². The van der Waals surface area contributed by atoms with Gasteiger partial charge in [0.1, 0.15) is 11.7 Å². The van der Waals surface area contributed by atoms with Crippen LogP contribution in [0.2, 0.25) is 0 Å². The summed E-state index contributed by atoms with van der Waals surface area (Å²) in [7, 11) is 0. The van der Waals surface area contributed by atoms with Crippen LogP contribution in [-0.4, -0.2) is 17.3 Å². The third-order valence-electron chi connectivity index (χ3n) is 5.04. The molecule has 0 unspecified atom stereocenters. The zero-order valence-electron chi connectivity index (χ0n) is 13.1.